The van der Waals surface area contributed by atoms with Crippen molar-refractivity contribution in [1.29, 1.82) is 0 Å². The SMILES string of the molecule is O=C(/C=C/c1ccccc1[N+](=O)[O-])N1CC[NH+](Cc2ccc3c(c2)CCO3)CC1. The number of quaternary nitrogens is 1. The van der Waals surface area contributed by atoms with Crippen molar-refractivity contribution in [2.45, 2.75) is 13.0 Å². The Bertz CT molecular complexity index is 949. The summed E-state index contributed by atoms with van der Waals surface area (Å²) in [5.41, 5.74) is 3.04. The van der Waals surface area contributed by atoms with Gasteiger partial charge < -0.3 is 14.5 Å². The summed E-state index contributed by atoms with van der Waals surface area (Å²) >= 11 is 0. The van der Waals surface area contributed by atoms with E-state index in [-0.39, 0.29) is 11.6 Å². The van der Waals surface area contributed by atoms with Crippen LogP contribution in [-0.2, 0) is 17.8 Å². The molecule has 150 valence electrons. The molecule has 2 aliphatic rings. The topological polar surface area (TPSA) is 77.1 Å². The minimum Gasteiger partial charge on any atom is -0.493 e. The molecule has 0 atom stereocenters. The van der Waals surface area contributed by atoms with Crippen molar-refractivity contribution in [3.63, 3.8) is 0 Å². The Morgan fingerprint density at radius 3 is 2.79 bits per heavy atom. The average Bonchev–Trinajstić information content (AvgIpc) is 3.20. The second-order valence-corrected chi connectivity index (χ2v) is 7.44. The number of benzene rings is 2. The summed E-state index contributed by atoms with van der Waals surface area (Å²) < 4.78 is 5.56. The maximum absolute atomic E-state index is 12.5. The number of nitro benzene ring substituents is 1. The molecule has 1 amide bonds. The van der Waals surface area contributed by atoms with Crippen molar-refractivity contribution in [2.75, 3.05) is 32.8 Å². The molecule has 0 aliphatic carbocycles. The number of nitro groups is 1. The van der Waals surface area contributed by atoms with Gasteiger partial charge in [0.25, 0.3) is 5.69 Å². The van der Waals surface area contributed by atoms with Crippen molar-refractivity contribution in [3.8, 4) is 5.75 Å². The van der Waals surface area contributed by atoms with E-state index in [0.717, 1.165) is 38.4 Å². The van der Waals surface area contributed by atoms with Crippen molar-refractivity contribution in [1.82, 2.24) is 4.90 Å². The summed E-state index contributed by atoms with van der Waals surface area (Å²) in [5, 5.41) is 11.1. The number of rotatable bonds is 5. The fourth-order valence-corrected chi connectivity index (χ4v) is 3.92. The summed E-state index contributed by atoms with van der Waals surface area (Å²) in [5.74, 6) is 0.904. The summed E-state index contributed by atoms with van der Waals surface area (Å²) in [4.78, 5) is 26.4. The second kappa shape index (κ2) is 8.45. The van der Waals surface area contributed by atoms with E-state index in [9.17, 15) is 14.9 Å². The molecule has 29 heavy (non-hydrogen) atoms. The lowest BCUT2D eigenvalue weighted by Gasteiger charge is -2.31. The average molecular weight is 394 g/mol. The molecule has 2 aliphatic heterocycles. The largest absolute Gasteiger partial charge is 0.493 e. The Kier molecular flexibility index (Phi) is 5.57. The van der Waals surface area contributed by atoms with Gasteiger partial charge in [-0.2, -0.15) is 0 Å². The maximum Gasteiger partial charge on any atom is 0.276 e. The molecular weight excluding hydrogens is 370 g/mol. The molecule has 0 unspecified atom stereocenters. The third-order valence-electron chi connectivity index (χ3n) is 5.53. The third-order valence-corrected chi connectivity index (χ3v) is 5.53. The summed E-state index contributed by atoms with van der Waals surface area (Å²) in [7, 11) is 0. The molecule has 1 fully saturated rings. The van der Waals surface area contributed by atoms with Crippen LogP contribution in [0.25, 0.3) is 6.08 Å². The molecule has 7 heteroatoms. The van der Waals surface area contributed by atoms with Gasteiger partial charge in [0.1, 0.15) is 12.3 Å². The Labute approximate surface area is 169 Å². The molecule has 7 nitrogen and oxygen atoms in total. The number of nitrogens with one attached hydrogen (secondary N) is 1. The highest BCUT2D eigenvalue weighted by atomic mass is 16.6. The van der Waals surface area contributed by atoms with Crippen LogP contribution in [0.15, 0.2) is 48.5 Å². The number of carbonyl (C=O) groups is 1. The zero-order valence-electron chi connectivity index (χ0n) is 16.2. The Morgan fingerprint density at radius 2 is 2.00 bits per heavy atom. The van der Waals surface area contributed by atoms with Gasteiger partial charge in [0.05, 0.1) is 43.3 Å². The van der Waals surface area contributed by atoms with E-state index in [2.05, 4.69) is 18.2 Å². The molecule has 1 saturated heterocycles. The molecule has 2 aromatic carbocycles. The van der Waals surface area contributed by atoms with Crippen molar-refractivity contribution in [2.24, 2.45) is 0 Å². The number of carbonyl (C=O) groups excluding carboxylic acids is 1. The predicted molar refractivity (Wildman–Crippen MR) is 109 cm³/mol. The van der Waals surface area contributed by atoms with Crippen LogP contribution >= 0.6 is 0 Å². The standard InChI is InChI=1S/C22H23N3O4/c26-22(8-6-18-3-1-2-4-20(18)25(27)28)24-12-10-23(11-13-24)16-17-5-7-21-19(15-17)9-14-29-21/h1-8,15H,9-14,16H2/p+1/b8-6+. The van der Waals surface area contributed by atoms with E-state index in [1.54, 1.807) is 18.2 Å². The number of nitrogens with zero attached hydrogens (tertiary/aromatic N) is 2. The minimum absolute atomic E-state index is 0.00515. The predicted octanol–water partition coefficient (Wildman–Crippen LogP) is 1.47. The van der Waals surface area contributed by atoms with Crippen LogP contribution in [0.5, 0.6) is 5.75 Å². The van der Waals surface area contributed by atoms with Crippen molar-refractivity contribution in [3.05, 3.63) is 75.3 Å². The smallest absolute Gasteiger partial charge is 0.276 e. The zero-order valence-corrected chi connectivity index (χ0v) is 16.2. The first-order chi connectivity index (χ1) is 14.1. The number of fused-ring (bicyclic) bond motifs is 1. The first-order valence-electron chi connectivity index (χ1n) is 9.89. The van der Waals surface area contributed by atoms with Gasteiger partial charge in [-0.3, -0.25) is 14.9 Å². The van der Waals surface area contributed by atoms with Gasteiger partial charge in [-0.05, 0) is 35.9 Å². The number of amides is 1. The molecule has 0 radical (unpaired) electrons. The van der Waals surface area contributed by atoms with E-state index >= 15 is 0 Å². The number of hydrogen-bond donors (Lipinski definition) is 1. The number of piperazine rings is 1. The van der Waals surface area contributed by atoms with Gasteiger partial charge >= 0.3 is 0 Å². The van der Waals surface area contributed by atoms with E-state index in [1.807, 2.05) is 4.90 Å². The molecule has 1 N–H and O–H groups in total. The lowest BCUT2D eigenvalue weighted by Crippen LogP contribution is -3.13. The Balaban J connectivity index is 1.31. The van der Waals surface area contributed by atoms with Crippen molar-refractivity contribution >= 4 is 17.7 Å². The third kappa shape index (κ3) is 4.46. The van der Waals surface area contributed by atoms with Gasteiger partial charge in [-0.1, -0.05) is 12.1 Å². The highest BCUT2D eigenvalue weighted by molar-refractivity contribution is 5.92. The van der Waals surface area contributed by atoms with E-state index < -0.39 is 4.92 Å². The van der Waals surface area contributed by atoms with Crippen LogP contribution in [-0.4, -0.2) is 48.5 Å². The van der Waals surface area contributed by atoms with Crippen LogP contribution < -0.4 is 9.64 Å². The van der Waals surface area contributed by atoms with Crippen LogP contribution in [0.2, 0.25) is 0 Å². The highest BCUT2D eigenvalue weighted by Gasteiger charge is 2.23. The second-order valence-electron chi connectivity index (χ2n) is 7.44. The van der Waals surface area contributed by atoms with Crippen LogP contribution in [0.1, 0.15) is 16.7 Å². The fourth-order valence-electron chi connectivity index (χ4n) is 3.92. The molecule has 4 rings (SSSR count). The fraction of sp³-hybridized carbons (Fsp3) is 0.318. The number of hydrogen-bond acceptors (Lipinski definition) is 4. The van der Waals surface area contributed by atoms with Gasteiger partial charge in [0.15, 0.2) is 0 Å². The van der Waals surface area contributed by atoms with Gasteiger partial charge in [-0.25, -0.2) is 0 Å². The highest BCUT2D eigenvalue weighted by Crippen LogP contribution is 2.25. The summed E-state index contributed by atoms with van der Waals surface area (Å²) in [6.07, 6.45) is 3.95. The molecule has 0 saturated carbocycles. The van der Waals surface area contributed by atoms with E-state index in [1.165, 1.54) is 34.2 Å². The Morgan fingerprint density at radius 1 is 1.21 bits per heavy atom. The van der Waals surface area contributed by atoms with Crippen LogP contribution in [0, 0.1) is 10.1 Å². The first-order valence-corrected chi connectivity index (χ1v) is 9.89. The normalized spacial score (nSPS) is 16.6. The number of ether oxygens (including phenoxy) is 1. The van der Waals surface area contributed by atoms with Gasteiger partial charge in [-0.15, -0.1) is 0 Å². The molecule has 2 aromatic rings. The lowest BCUT2D eigenvalue weighted by molar-refractivity contribution is -0.917. The summed E-state index contributed by atoms with van der Waals surface area (Å²) in [6.45, 7) is 4.86. The molecular formula is C22H24N3O4+. The van der Waals surface area contributed by atoms with Crippen LogP contribution in [0.4, 0.5) is 5.69 Å². The van der Waals surface area contributed by atoms with Gasteiger partial charge in [0, 0.05) is 24.1 Å². The zero-order chi connectivity index (χ0) is 20.2. The van der Waals surface area contributed by atoms with Gasteiger partial charge in [0.2, 0.25) is 5.91 Å². The Hall–Kier alpha value is -3.19. The van der Waals surface area contributed by atoms with Crippen LogP contribution in [0.3, 0.4) is 0 Å². The minimum atomic E-state index is -0.433. The molecule has 0 spiro atoms. The lowest BCUT2D eigenvalue weighted by atomic mass is 10.1. The van der Waals surface area contributed by atoms with E-state index in [0.29, 0.717) is 18.7 Å². The quantitative estimate of drug-likeness (QED) is 0.473. The molecule has 0 bridgehead atoms. The maximum atomic E-state index is 12.5. The number of para-hydroxylation sites is 1. The van der Waals surface area contributed by atoms with E-state index in [4.69, 9.17) is 4.74 Å². The summed E-state index contributed by atoms with van der Waals surface area (Å²) in [6, 6.07) is 12.9. The van der Waals surface area contributed by atoms with Crippen molar-refractivity contribution < 1.29 is 19.4 Å². The molecule has 0 aromatic heterocycles. The monoisotopic (exact) mass is 394 g/mol. The first kappa shape index (κ1) is 19.1. The molecule has 2 heterocycles.